The number of Topliss-reactive ketones (excluding diaryl/α,β-unsaturated/α-hetero) is 1. The minimum absolute atomic E-state index is 0.0699. The Morgan fingerprint density at radius 3 is 2.67 bits per heavy atom. The molecule has 120 valence electrons. The Hall–Kier alpha value is -2.82. The third-order valence-corrected chi connectivity index (χ3v) is 4.32. The summed E-state index contributed by atoms with van der Waals surface area (Å²) in [5, 5.41) is 4.75. The number of carbonyl (C=O) groups excluding carboxylic acids is 1. The fourth-order valence-corrected chi connectivity index (χ4v) is 3.33. The topological polar surface area (TPSA) is 60.7 Å². The van der Waals surface area contributed by atoms with Crippen molar-refractivity contribution in [3.05, 3.63) is 60.2 Å². The maximum Gasteiger partial charge on any atom is 0.167 e. The second-order valence-corrected chi connectivity index (χ2v) is 6.95. The Morgan fingerprint density at radius 2 is 1.96 bits per heavy atom. The molecule has 5 heteroatoms. The quantitative estimate of drug-likeness (QED) is 0.726. The lowest BCUT2D eigenvalue weighted by molar-refractivity contribution is 0.0912. The number of aromatic nitrogens is 4. The molecule has 5 nitrogen and oxygen atoms in total. The molecule has 24 heavy (non-hydrogen) atoms. The van der Waals surface area contributed by atoms with Crippen molar-refractivity contribution in [3.63, 3.8) is 0 Å². The van der Waals surface area contributed by atoms with Gasteiger partial charge in [-0.15, -0.1) is 0 Å². The van der Waals surface area contributed by atoms with Gasteiger partial charge in [-0.1, -0.05) is 19.9 Å². The van der Waals surface area contributed by atoms with E-state index in [1.54, 1.807) is 23.3 Å². The molecule has 0 radical (unpaired) electrons. The number of hydrogen-bond donors (Lipinski definition) is 0. The van der Waals surface area contributed by atoms with Crippen LogP contribution < -0.4 is 0 Å². The van der Waals surface area contributed by atoms with Crippen molar-refractivity contribution in [2.75, 3.05) is 0 Å². The highest BCUT2D eigenvalue weighted by atomic mass is 16.1. The predicted molar refractivity (Wildman–Crippen MR) is 91.0 cm³/mol. The Labute approximate surface area is 140 Å². The summed E-state index contributed by atoms with van der Waals surface area (Å²) in [5.74, 6) is 0.846. The molecule has 4 rings (SSSR count). The van der Waals surface area contributed by atoms with E-state index in [4.69, 9.17) is 5.10 Å². The van der Waals surface area contributed by atoms with Gasteiger partial charge >= 0.3 is 0 Å². The van der Waals surface area contributed by atoms with Gasteiger partial charge in [-0.2, -0.15) is 5.10 Å². The predicted octanol–water partition coefficient (Wildman–Crippen LogP) is 3.48. The van der Waals surface area contributed by atoms with Crippen molar-refractivity contribution < 1.29 is 4.79 Å². The van der Waals surface area contributed by atoms with Crippen LogP contribution in [0.5, 0.6) is 0 Å². The molecule has 0 spiro atoms. The molecule has 0 unspecified atom stereocenters. The van der Waals surface area contributed by atoms with Gasteiger partial charge in [-0.3, -0.25) is 9.78 Å². The zero-order valence-electron chi connectivity index (χ0n) is 13.7. The molecule has 0 saturated heterocycles. The van der Waals surface area contributed by atoms with E-state index in [2.05, 4.69) is 23.8 Å². The molecule has 0 aliphatic heterocycles. The van der Waals surface area contributed by atoms with Gasteiger partial charge in [0.1, 0.15) is 0 Å². The number of hydrogen-bond acceptors (Lipinski definition) is 4. The summed E-state index contributed by atoms with van der Waals surface area (Å²) in [7, 11) is 0. The van der Waals surface area contributed by atoms with E-state index in [-0.39, 0.29) is 11.2 Å². The highest BCUT2D eigenvalue weighted by Crippen LogP contribution is 2.39. The van der Waals surface area contributed by atoms with Crippen LogP contribution in [0.4, 0.5) is 0 Å². The first-order valence-corrected chi connectivity index (χ1v) is 8.02. The van der Waals surface area contributed by atoms with Gasteiger partial charge < -0.3 is 0 Å². The van der Waals surface area contributed by atoms with E-state index >= 15 is 0 Å². The Balaban J connectivity index is 2.00. The van der Waals surface area contributed by atoms with Crippen LogP contribution in [0.25, 0.3) is 17.1 Å². The SMILES string of the molecule is CC1(C)CC(=O)c2c(nn(-c3ccccn3)c2-c2cccnc2)C1. The minimum Gasteiger partial charge on any atom is -0.294 e. The average Bonchev–Trinajstić information content (AvgIpc) is 2.94. The van der Waals surface area contributed by atoms with Crippen LogP contribution >= 0.6 is 0 Å². The highest BCUT2D eigenvalue weighted by molar-refractivity contribution is 6.04. The van der Waals surface area contributed by atoms with E-state index in [1.807, 2.05) is 30.3 Å². The molecule has 1 aliphatic carbocycles. The molecule has 3 heterocycles. The Kier molecular flexibility index (Phi) is 3.30. The fraction of sp³-hybridized carbons (Fsp3) is 0.263. The number of carbonyl (C=O) groups is 1. The van der Waals surface area contributed by atoms with Gasteiger partial charge in [0.2, 0.25) is 0 Å². The summed E-state index contributed by atoms with van der Waals surface area (Å²) >= 11 is 0. The maximum atomic E-state index is 12.8. The van der Waals surface area contributed by atoms with Crippen molar-refractivity contribution in [3.8, 4) is 17.1 Å². The first kappa shape index (κ1) is 14.8. The van der Waals surface area contributed by atoms with Crippen LogP contribution in [0.15, 0.2) is 48.9 Å². The van der Waals surface area contributed by atoms with Gasteiger partial charge in [0, 0.05) is 30.6 Å². The van der Waals surface area contributed by atoms with Gasteiger partial charge in [0.05, 0.1) is 17.0 Å². The number of rotatable bonds is 2. The molecule has 0 N–H and O–H groups in total. The van der Waals surface area contributed by atoms with Crippen LogP contribution in [0.1, 0.15) is 36.3 Å². The van der Waals surface area contributed by atoms with Crippen molar-refractivity contribution in [1.29, 1.82) is 0 Å². The van der Waals surface area contributed by atoms with Crippen LogP contribution in [0.3, 0.4) is 0 Å². The molecule has 3 aromatic rings. The monoisotopic (exact) mass is 318 g/mol. The van der Waals surface area contributed by atoms with Crippen LogP contribution in [0, 0.1) is 5.41 Å². The molecule has 0 saturated carbocycles. The van der Waals surface area contributed by atoms with Gasteiger partial charge in [-0.25, -0.2) is 9.67 Å². The molecular weight excluding hydrogens is 300 g/mol. The third-order valence-electron chi connectivity index (χ3n) is 4.32. The van der Waals surface area contributed by atoms with Crippen molar-refractivity contribution in [1.82, 2.24) is 19.7 Å². The molecule has 0 amide bonds. The molecule has 0 fully saturated rings. The molecular formula is C19H18N4O. The number of pyridine rings is 2. The second kappa shape index (κ2) is 5.37. The standard InChI is InChI=1S/C19H18N4O/c1-19(2)10-14-17(15(24)11-19)18(13-6-5-8-20-12-13)23(22-14)16-7-3-4-9-21-16/h3-9,12H,10-11H2,1-2H3. The van der Waals surface area contributed by atoms with Crippen molar-refractivity contribution >= 4 is 5.78 Å². The number of fused-ring (bicyclic) bond motifs is 1. The normalized spacial score (nSPS) is 16.0. The summed E-state index contributed by atoms with van der Waals surface area (Å²) in [6.45, 7) is 4.22. The van der Waals surface area contributed by atoms with Crippen molar-refractivity contribution in [2.45, 2.75) is 26.7 Å². The molecule has 3 aromatic heterocycles. The zero-order chi connectivity index (χ0) is 16.7. The summed E-state index contributed by atoms with van der Waals surface area (Å²) in [6.07, 6.45) is 6.53. The largest absolute Gasteiger partial charge is 0.294 e. The van der Waals surface area contributed by atoms with Crippen molar-refractivity contribution in [2.24, 2.45) is 5.41 Å². The highest BCUT2D eigenvalue weighted by Gasteiger charge is 2.36. The third kappa shape index (κ3) is 2.42. The van der Waals surface area contributed by atoms with E-state index in [0.29, 0.717) is 17.8 Å². The molecule has 0 bridgehead atoms. The first-order valence-electron chi connectivity index (χ1n) is 8.02. The fourth-order valence-electron chi connectivity index (χ4n) is 3.33. The summed E-state index contributed by atoms with van der Waals surface area (Å²) in [6, 6.07) is 9.51. The van der Waals surface area contributed by atoms with Crippen LogP contribution in [-0.2, 0) is 6.42 Å². The number of ketones is 1. The first-order chi connectivity index (χ1) is 11.6. The molecule has 1 aliphatic rings. The minimum atomic E-state index is -0.0699. The van der Waals surface area contributed by atoms with E-state index in [1.165, 1.54) is 0 Å². The summed E-state index contributed by atoms with van der Waals surface area (Å²) in [5.41, 5.74) is 3.16. The van der Waals surface area contributed by atoms with E-state index < -0.39 is 0 Å². The number of nitrogens with zero attached hydrogens (tertiary/aromatic N) is 4. The summed E-state index contributed by atoms with van der Waals surface area (Å²) in [4.78, 5) is 21.5. The zero-order valence-corrected chi connectivity index (χ0v) is 13.7. The average molecular weight is 318 g/mol. The maximum absolute atomic E-state index is 12.8. The molecule has 0 atom stereocenters. The van der Waals surface area contributed by atoms with E-state index in [9.17, 15) is 4.79 Å². The van der Waals surface area contributed by atoms with Crippen LogP contribution in [0.2, 0.25) is 0 Å². The lowest BCUT2D eigenvalue weighted by Crippen LogP contribution is -2.26. The van der Waals surface area contributed by atoms with Gasteiger partial charge in [0.15, 0.2) is 11.6 Å². The molecule has 0 aromatic carbocycles. The van der Waals surface area contributed by atoms with E-state index in [0.717, 1.165) is 23.4 Å². The lowest BCUT2D eigenvalue weighted by Gasteiger charge is -2.27. The van der Waals surface area contributed by atoms with Crippen LogP contribution in [-0.4, -0.2) is 25.5 Å². The van der Waals surface area contributed by atoms with Gasteiger partial charge in [0.25, 0.3) is 0 Å². The smallest absolute Gasteiger partial charge is 0.167 e. The summed E-state index contributed by atoms with van der Waals surface area (Å²) < 4.78 is 1.78. The second-order valence-electron chi connectivity index (χ2n) is 6.95. The van der Waals surface area contributed by atoms with Gasteiger partial charge in [-0.05, 0) is 36.1 Å². The lowest BCUT2D eigenvalue weighted by atomic mass is 9.75. The Bertz CT molecular complexity index is 898. The Morgan fingerprint density at radius 1 is 1.08 bits per heavy atom.